The molecule has 0 amide bonds. The van der Waals surface area contributed by atoms with Gasteiger partial charge in [0.1, 0.15) is 0 Å². The fourth-order valence-corrected chi connectivity index (χ4v) is 7.72. The predicted octanol–water partition coefficient (Wildman–Crippen LogP) is 13.5. The Morgan fingerprint density at radius 2 is 0.860 bits per heavy atom. The van der Waals surface area contributed by atoms with Gasteiger partial charge in [0.25, 0.3) is 0 Å². The van der Waals surface area contributed by atoms with Crippen LogP contribution in [0.1, 0.15) is 26.3 Å². The van der Waals surface area contributed by atoms with Gasteiger partial charge < -0.3 is 9.47 Å². The van der Waals surface area contributed by atoms with Crippen LogP contribution in [-0.2, 0) is 5.41 Å². The number of rotatable bonds is 5. The minimum absolute atomic E-state index is 0.0110. The maximum absolute atomic E-state index is 2.52. The zero-order valence-corrected chi connectivity index (χ0v) is 28.6. The molecule has 0 radical (unpaired) electrons. The summed E-state index contributed by atoms with van der Waals surface area (Å²) in [4.78, 5) is 2.36. The zero-order chi connectivity index (χ0) is 33.8. The maximum Gasteiger partial charge on any atom is 0.0619 e. The third kappa shape index (κ3) is 4.87. The normalized spacial score (nSPS) is 11.9. The van der Waals surface area contributed by atoms with Crippen LogP contribution >= 0.6 is 0 Å². The lowest BCUT2D eigenvalue weighted by Gasteiger charge is -2.25. The average molecular weight is 643 g/mol. The molecule has 8 aromatic carbocycles. The van der Waals surface area contributed by atoms with E-state index in [0.29, 0.717) is 0 Å². The lowest BCUT2D eigenvalue weighted by molar-refractivity contribution is 0.591. The quantitative estimate of drug-likeness (QED) is 0.170. The molecule has 0 unspecified atom stereocenters. The SMILES string of the molecule is CC(C)(C)c1ccc2c(c1)c1cc(N(c3ccccc3)c3ccccc3)ccc1n2-c1c2ccccc2c(-c2ccccc2)c2ccccc12. The van der Waals surface area contributed by atoms with Crippen molar-refractivity contribution < 1.29 is 0 Å². The summed E-state index contributed by atoms with van der Waals surface area (Å²) < 4.78 is 2.52. The van der Waals surface area contributed by atoms with Gasteiger partial charge in [-0.1, -0.05) is 142 Å². The molecule has 0 saturated carbocycles. The summed E-state index contributed by atoms with van der Waals surface area (Å²) in [6.07, 6.45) is 0. The number of hydrogen-bond donors (Lipinski definition) is 0. The van der Waals surface area contributed by atoms with Crippen LogP contribution in [0.5, 0.6) is 0 Å². The van der Waals surface area contributed by atoms with Crippen LogP contribution in [0.3, 0.4) is 0 Å². The topological polar surface area (TPSA) is 8.17 Å². The molecule has 9 aromatic rings. The molecular formula is C48H38N2. The highest BCUT2D eigenvalue weighted by Crippen LogP contribution is 2.46. The first-order valence-corrected chi connectivity index (χ1v) is 17.5. The van der Waals surface area contributed by atoms with Crippen molar-refractivity contribution in [1.29, 1.82) is 0 Å². The van der Waals surface area contributed by atoms with Crippen molar-refractivity contribution in [2.45, 2.75) is 26.2 Å². The van der Waals surface area contributed by atoms with E-state index in [0.717, 1.165) is 17.1 Å². The van der Waals surface area contributed by atoms with Gasteiger partial charge in [-0.15, -0.1) is 0 Å². The Morgan fingerprint density at radius 1 is 0.400 bits per heavy atom. The smallest absolute Gasteiger partial charge is 0.0619 e. The zero-order valence-electron chi connectivity index (χ0n) is 28.6. The second kappa shape index (κ2) is 11.8. The lowest BCUT2D eigenvalue weighted by Crippen LogP contribution is -2.10. The van der Waals surface area contributed by atoms with Gasteiger partial charge in [0, 0.05) is 38.6 Å². The summed E-state index contributed by atoms with van der Waals surface area (Å²) in [7, 11) is 0. The molecule has 50 heavy (non-hydrogen) atoms. The highest BCUT2D eigenvalue weighted by molar-refractivity contribution is 6.21. The van der Waals surface area contributed by atoms with Gasteiger partial charge in [-0.25, -0.2) is 0 Å². The van der Waals surface area contributed by atoms with Gasteiger partial charge in [0.2, 0.25) is 0 Å². The van der Waals surface area contributed by atoms with Crippen LogP contribution in [0.25, 0.3) is 60.2 Å². The minimum Gasteiger partial charge on any atom is -0.310 e. The monoisotopic (exact) mass is 642 g/mol. The first kappa shape index (κ1) is 30.0. The Bertz CT molecular complexity index is 2570. The predicted molar refractivity (Wildman–Crippen MR) is 215 cm³/mol. The first-order valence-electron chi connectivity index (χ1n) is 17.5. The molecule has 0 N–H and O–H groups in total. The standard InChI is InChI=1S/C48H38N2/c1-48(2,3)34-27-29-44-42(31-34)43-32-37(49(35-19-9-5-10-20-35)36-21-11-6-12-22-36)28-30-45(43)50(44)47-40-25-15-13-23-38(40)46(33-17-7-4-8-18-33)39-24-14-16-26-41(39)47/h4-32H,1-3H3. The molecule has 0 saturated heterocycles. The number of benzene rings is 8. The molecule has 0 aliphatic rings. The molecule has 1 heterocycles. The third-order valence-electron chi connectivity index (χ3n) is 10.1. The second-order valence-electron chi connectivity index (χ2n) is 14.2. The van der Waals surface area contributed by atoms with Crippen molar-refractivity contribution in [3.05, 3.63) is 181 Å². The Labute approximate surface area is 293 Å². The van der Waals surface area contributed by atoms with E-state index in [4.69, 9.17) is 0 Å². The van der Waals surface area contributed by atoms with E-state index >= 15 is 0 Å². The van der Waals surface area contributed by atoms with E-state index in [1.54, 1.807) is 0 Å². The molecule has 1 aromatic heterocycles. The van der Waals surface area contributed by atoms with E-state index in [1.807, 2.05) is 0 Å². The van der Waals surface area contributed by atoms with Crippen molar-refractivity contribution >= 4 is 60.4 Å². The van der Waals surface area contributed by atoms with E-state index < -0.39 is 0 Å². The summed E-state index contributed by atoms with van der Waals surface area (Å²) in [5, 5.41) is 7.48. The molecule has 240 valence electrons. The van der Waals surface area contributed by atoms with Gasteiger partial charge in [-0.3, -0.25) is 0 Å². The summed E-state index contributed by atoms with van der Waals surface area (Å²) in [6.45, 7) is 6.90. The highest BCUT2D eigenvalue weighted by Gasteiger charge is 2.23. The molecular weight excluding hydrogens is 605 g/mol. The number of fused-ring (bicyclic) bond motifs is 5. The van der Waals surface area contributed by atoms with E-state index in [9.17, 15) is 0 Å². The fraction of sp³-hybridized carbons (Fsp3) is 0.0833. The molecule has 0 atom stereocenters. The molecule has 2 nitrogen and oxygen atoms in total. The van der Waals surface area contributed by atoms with Crippen molar-refractivity contribution in [3.63, 3.8) is 0 Å². The Balaban J connectivity index is 1.40. The van der Waals surface area contributed by atoms with Gasteiger partial charge in [0.05, 0.1) is 16.7 Å². The summed E-state index contributed by atoms with van der Waals surface area (Å²) in [5.74, 6) is 0. The van der Waals surface area contributed by atoms with E-state index in [2.05, 4.69) is 206 Å². The van der Waals surface area contributed by atoms with E-state index in [-0.39, 0.29) is 5.41 Å². The molecule has 0 aliphatic heterocycles. The number of aromatic nitrogens is 1. The van der Waals surface area contributed by atoms with Gasteiger partial charge in [0.15, 0.2) is 0 Å². The Kier molecular flexibility index (Phi) is 7.07. The fourth-order valence-electron chi connectivity index (χ4n) is 7.72. The molecule has 9 rings (SSSR count). The minimum atomic E-state index is 0.0110. The van der Waals surface area contributed by atoms with Crippen LogP contribution in [0, 0.1) is 0 Å². The van der Waals surface area contributed by atoms with Crippen LogP contribution in [-0.4, -0.2) is 4.57 Å². The lowest BCUT2D eigenvalue weighted by atomic mass is 9.86. The summed E-state index contributed by atoms with van der Waals surface area (Å²) >= 11 is 0. The molecule has 0 aliphatic carbocycles. The molecule has 0 bridgehead atoms. The highest BCUT2D eigenvalue weighted by atomic mass is 15.1. The summed E-state index contributed by atoms with van der Waals surface area (Å²) in [5.41, 5.74) is 10.9. The largest absolute Gasteiger partial charge is 0.310 e. The van der Waals surface area contributed by atoms with Crippen molar-refractivity contribution in [2.75, 3.05) is 4.90 Å². The third-order valence-corrected chi connectivity index (χ3v) is 10.1. The Hall–Kier alpha value is -6.12. The summed E-state index contributed by atoms with van der Waals surface area (Å²) in [6, 6.07) is 64.1. The van der Waals surface area contributed by atoms with Crippen LogP contribution < -0.4 is 4.90 Å². The number of para-hydroxylation sites is 2. The van der Waals surface area contributed by atoms with Crippen molar-refractivity contribution in [1.82, 2.24) is 4.57 Å². The Morgan fingerprint density at radius 3 is 1.40 bits per heavy atom. The number of nitrogens with zero attached hydrogens (tertiary/aromatic N) is 2. The maximum atomic E-state index is 2.52. The van der Waals surface area contributed by atoms with Crippen LogP contribution in [0.4, 0.5) is 17.1 Å². The molecule has 0 spiro atoms. The van der Waals surface area contributed by atoms with Crippen molar-refractivity contribution in [3.8, 4) is 16.8 Å². The van der Waals surface area contributed by atoms with Gasteiger partial charge in [-0.2, -0.15) is 0 Å². The first-order chi connectivity index (χ1) is 24.5. The molecule has 0 fully saturated rings. The number of hydrogen-bond acceptors (Lipinski definition) is 1. The van der Waals surface area contributed by atoms with Crippen LogP contribution in [0.2, 0.25) is 0 Å². The van der Waals surface area contributed by atoms with Gasteiger partial charge in [-0.05, 0) is 87.5 Å². The second-order valence-corrected chi connectivity index (χ2v) is 14.2. The van der Waals surface area contributed by atoms with Crippen molar-refractivity contribution in [2.24, 2.45) is 0 Å². The van der Waals surface area contributed by atoms with Crippen LogP contribution in [0.15, 0.2) is 176 Å². The van der Waals surface area contributed by atoms with Gasteiger partial charge >= 0.3 is 0 Å². The molecule has 2 heteroatoms. The average Bonchev–Trinajstić information content (AvgIpc) is 3.47. The van der Waals surface area contributed by atoms with E-state index in [1.165, 1.54) is 65.7 Å². The number of anilines is 3.